The number of β-amino-alcohol motifs (C(OH)–C–C–N with tert-alkyl or cyclic N) is 1. The fourth-order valence-electron chi connectivity index (χ4n) is 9.00. The summed E-state index contributed by atoms with van der Waals surface area (Å²) >= 11 is 0. The molecule has 2 bridgehead atoms. The van der Waals surface area contributed by atoms with E-state index in [2.05, 4.69) is 45.9 Å². The van der Waals surface area contributed by atoms with Crippen molar-refractivity contribution in [1.82, 2.24) is 14.9 Å². The number of anilines is 1. The van der Waals surface area contributed by atoms with E-state index in [9.17, 15) is 14.7 Å². The van der Waals surface area contributed by atoms with Gasteiger partial charge in [0.15, 0.2) is 5.89 Å². The van der Waals surface area contributed by atoms with Crippen LogP contribution in [0.1, 0.15) is 109 Å². The van der Waals surface area contributed by atoms with Crippen molar-refractivity contribution in [2.75, 3.05) is 31.6 Å². The van der Waals surface area contributed by atoms with E-state index in [1.807, 2.05) is 17.0 Å². The third kappa shape index (κ3) is 7.13. The lowest BCUT2D eigenvalue weighted by Crippen LogP contribution is -2.62. The molecule has 0 spiro atoms. The largest absolute Gasteiger partial charge is 0.496 e. The maximum atomic E-state index is 14.7. The van der Waals surface area contributed by atoms with Gasteiger partial charge in [-0.25, -0.2) is 14.8 Å². The smallest absolute Gasteiger partial charge is 0.410 e. The number of carbonyl (C=O) groups excluding carboxylic acids is 2. The monoisotopic (exact) mass is 698 g/mol. The zero-order valence-corrected chi connectivity index (χ0v) is 31.2. The Hall–Kier alpha value is -3.92. The van der Waals surface area contributed by atoms with Crippen LogP contribution in [-0.4, -0.2) is 70.4 Å². The second-order valence-electron chi connectivity index (χ2n) is 17.3. The molecular formula is C41H54N4O6. The quantitative estimate of drug-likeness (QED) is 0.254. The molecule has 10 nitrogen and oxygen atoms in total. The molecule has 1 aliphatic heterocycles. The lowest BCUT2D eigenvalue weighted by Gasteiger charge is -2.55. The van der Waals surface area contributed by atoms with Crippen LogP contribution in [0.3, 0.4) is 0 Å². The van der Waals surface area contributed by atoms with E-state index in [0.717, 1.165) is 55.5 Å². The number of fused-ring (bicyclic) bond motifs is 3. The van der Waals surface area contributed by atoms with Crippen molar-refractivity contribution < 1.29 is 28.6 Å². The van der Waals surface area contributed by atoms with Gasteiger partial charge in [0, 0.05) is 29.6 Å². The zero-order valence-electron chi connectivity index (χ0n) is 31.2. The first kappa shape index (κ1) is 35.5. The Labute approximate surface area is 301 Å². The van der Waals surface area contributed by atoms with Gasteiger partial charge in [0.2, 0.25) is 5.91 Å². The molecule has 0 unspecified atom stereocenters. The number of methoxy groups -OCH3 is 1. The zero-order chi connectivity index (χ0) is 36.2. The summed E-state index contributed by atoms with van der Waals surface area (Å²) in [7, 11) is 1.73. The first-order chi connectivity index (χ1) is 24.2. The highest BCUT2D eigenvalue weighted by atomic mass is 16.6. The molecule has 0 atom stereocenters. The van der Waals surface area contributed by atoms with Crippen LogP contribution >= 0.6 is 0 Å². The minimum Gasteiger partial charge on any atom is -0.496 e. The number of likely N-dealkylation sites (tertiary alicyclic amines) is 1. The standard InChI is InChI=1S/C41H54N4O6/c1-27-21-30(9-12-33(27)49-6)41-17-14-40(15-18-41,16-19-41)26-45(34-22-29(13-20-42-34)32-23-50-36(43-32)38(2,3)4)35(46)28-7-10-31(11-8-28)51-37(47)44-24-39(5,48)25-44/h9,12-13,20-23,28,31,48H,7-8,10-11,14-19,24-26H2,1-6H3/t28-,31-,40?,41?. The minimum absolute atomic E-state index is 0.0229. The molecule has 4 aliphatic carbocycles. The lowest BCUT2D eigenvalue weighted by molar-refractivity contribution is -0.125. The molecule has 2 aromatic heterocycles. The Morgan fingerprint density at radius 3 is 2.29 bits per heavy atom. The van der Waals surface area contributed by atoms with E-state index in [0.29, 0.717) is 43.9 Å². The molecule has 3 aromatic rings. The number of benzene rings is 1. The van der Waals surface area contributed by atoms with Gasteiger partial charge in [0.1, 0.15) is 29.6 Å². The summed E-state index contributed by atoms with van der Waals surface area (Å²) in [5, 5.41) is 10.0. The summed E-state index contributed by atoms with van der Waals surface area (Å²) in [6.07, 6.45) is 11.9. The number of aryl methyl sites for hydroxylation is 1. The molecule has 5 fully saturated rings. The number of pyridine rings is 1. The predicted molar refractivity (Wildman–Crippen MR) is 195 cm³/mol. The van der Waals surface area contributed by atoms with Gasteiger partial charge in [0.25, 0.3) is 0 Å². The lowest BCUT2D eigenvalue weighted by atomic mass is 9.51. The van der Waals surface area contributed by atoms with Gasteiger partial charge in [-0.05, 0) is 118 Å². The molecule has 51 heavy (non-hydrogen) atoms. The summed E-state index contributed by atoms with van der Waals surface area (Å²) in [4.78, 5) is 40.4. The van der Waals surface area contributed by atoms with Gasteiger partial charge in [-0.2, -0.15) is 0 Å². The summed E-state index contributed by atoms with van der Waals surface area (Å²) < 4.78 is 17.2. The van der Waals surface area contributed by atoms with Gasteiger partial charge < -0.3 is 23.9 Å². The highest BCUT2D eigenvalue weighted by Crippen LogP contribution is 2.58. The van der Waals surface area contributed by atoms with Gasteiger partial charge in [0.05, 0.1) is 25.8 Å². The highest BCUT2D eigenvalue weighted by molar-refractivity contribution is 5.95. The number of amides is 2. The number of hydrogen-bond acceptors (Lipinski definition) is 8. The van der Waals surface area contributed by atoms with Crippen LogP contribution < -0.4 is 9.64 Å². The Kier molecular flexibility index (Phi) is 9.22. The van der Waals surface area contributed by atoms with Crippen molar-refractivity contribution >= 4 is 17.8 Å². The Balaban J connectivity index is 1.10. The van der Waals surface area contributed by atoms with Crippen LogP contribution in [0.4, 0.5) is 10.6 Å². The molecule has 8 rings (SSSR count). The number of aliphatic hydroxyl groups is 1. The second kappa shape index (κ2) is 13.2. The number of oxazole rings is 1. The average Bonchev–Trinajstić information content (AvgIpc) is 3.62. The van der Waals surface area contributed by atoms with Crippen molar-refractivity contribution in [3.63, 3.8) is 0 Å². The average molecular weight is 699 g/mol. The Bertz CT molecular complexity index is 1730. The molecule has 1 aromatic carbocycles. The fraction of sp³-hybridized carbons (Fsp3) is 0.610. The topological polar surface area (TPSA) is 118 Å². The van der Waals surface area contributed by atoms with Crippen molar-refractivity contribution in [1.29, 1.82) is 0 Å². The van der Waals surface area contributed by atoms with Crippen molar-refractivity contribution in [3.8, 4) is 17.0 Å². The molecule has 5 aliphatic rings. The summed E-state index contributed by atoms with van der Waals surface area (Å²) in [5.41, 5.74) is 3.32. The van der Waals surface area contributed by atoms with Crippen molar-refractivity contribution in [2.24, 2.45) is 11.3 Å². The number of hydrogen-bond donors (Lipinski definition) is 1. The van der Waals surface area contributed by atoms with Crippen LogP contribution in [0.15, 0.2) is 47.2 Å². The number of ether oxygens (including phenoxy) is 2. The Morgan fingerprint density at radius 1 is 1.02 bits per heavy atom. The van der Waals surface area contributed by atoms with Crippen LogP contribution in [0, 0.1) is 18.3 Å². The normalized spacial score (nSPS) is 27.1. The SMILES string of the molecule is COc1ccc(C23CCC(CN(c4cc(-c5coc(C(C)(C)C)n5)ccn4)C(=O)[C@H]4CC[C@H](OC(=O)N5CC(C)(O)C5)CC4)(CC2)CC3)cc1C. The molecule has 10 heteroatoms. The van der Waals surface area contributed by atoms with Crippen LogP contribution in [0.2, 0.25) is 0 Å². The molecule has 274 valence electrons. The number of rotatable bonds is 8. The molecular weight excluding hydrogens is 644 g/mol. The maximum Gasteiger partial charge on any atom is 0.410 e. The summed E-state index contributed by atoms with van der Waals surface area (Å²) in [5.74, 6) is 2.16. The van der Waals surface area contributed by atoms with Gasteiger partial charge in [-0.15, -0.1) is 0 Å². The van der Waals surface area contributed by atoms with Crippen LogP contribution in [0.25, 0.3) is 11.3 Å². The first-order valence-corrected chi connectivity index (χ1v) is 18.8. The molecule has 2 amide bonds. The number of aromatic nitrogens is 2. The summed E-state index contributed by atoms with van der Waals surface area (Å²) in [6, 6.07) is 10.6. The van der Waals surface area contributed by atoms with E-state index in [4.69, 9.17) is 23.9 Å². The molecule has 4 saturated carbocycles. The van der Waals surface area contributed by atoms with Crippen LogP contribution in [0.5, 0.6) is 5.75 Å². The second-order valence-corrected chi connectivity index (χ2v) is 17.3. The van der Waals surface area contributed by atoms with E-state index >= 15 is 0 Å². The molecule has 1 saturated heterocycles. The van der Waals surface area contributed by atoms with Gasteiger partial charge >= 0.3 is 6.09 Å². The molecule has 1 N–H and O–H groups in total. The van der Waals surface area contributed by atoms with Gasteiger partial charge in [-0.3, -0.25) is 9.69 Å². The summed E-state index contributed by atoms with van der Waals surface area (Å²) in [6.45, 7) is 11.3. The van der Waals surface area contributed by atoms with Crippen molar-refractivity contribution in [3.05, 3.63) is 59.8 Å². The Morgan fingerprint density at radius 2 is 1.71 bits per heavy atom. The first-order valence-electron chi connectivity index (χ1n) is 18.8. The molecule has 3 heterocycles. The molecule has 0 radical (unpaired) electrons. The predicted octanol–water partition coefficient (Wildman–Crippen LogP) is 7.74. The van der Waals surface area contributed by atoms with Gasteiger partial charge in [-0.1, -0.05) is 32.9 Å². The third-order valence-electron chi connectivity index (χ3n) is 12.2. The number of carbonyl (C=O) groups is 2. The van der Waals surface area contributed by atoms with E-state index < -0.39 is 5.60 Å². The maximum absolute atomic E-state index is 14.7. The van der Waals surface area contributed by atoms with E-state index in [1.54, 1.807) is 26.5 Å². The third-order valence-corrected chi connectivity index (χ3v) is 12.2. The van der Waals surface area contributed by atoms with E-state index in [-0.39, 0.29) is 53.4 Å². The minimum atomic E-state index is -0.840. The highest BCUT2D eigenvalue weighted by Gasteiger charge is 2.51. The number of nitrogens with zero attached hydrogens (tertiary/aromatic N) is 4. The van der Waals surface area contributed by atoms with Crippen molar-refractivity contribution in [2.45, 2.75) is 121 Å². The fourth-order valence-corrected chi connectivity index (χ4v) is 9.00. The van der Waals surface area contributed by atoms with Crippen LogP contribution in [-0.2, 0) is 20.4 Å². The van der Waals surface area contributed by atoms with E-state index in [1.165, 1.54) is 16.0 Å².